The molecule has 4 nitrogen and oxygen atoms in total. The van der Waals surface area contributed by atoms with Crippen LogP contribution in [0.25, 0.3) is 0 Å². The molecule has 1 aromatic heterocycles. The molecule has 1 aliphatic rings. The van der Waals surface area contributed by atoms with E-state index < -0.39 is 0 Å². The van der Waals surface area contributed by atoms with Crippen molar-refractivity contribution in [2.24, 2.45) is 5.92 Å². The Morgan fingerprint density at radius 2 is 2.00 bits per heavy atom. The summed E-state index contributed by atoms with van der Waals surface area (Å²) in [6, 6.07) is 0. The Bertz CT molecular complexity index is 454. The molecule has 0 bridgehead atoms. The van der Waals surface area contributed by atoms with E-state index >= 15 is 0 Å². The first-order valence-electron chi connectivity index (χ1n) is 7.91. The van der Waals surface area contributed by atoms with Crippen LogP contribution in [0.5, 0.6) is 0 Å². The molecule has 1 N–H and O–H groups in total. The molecule has 0 saturated heterocycles. The van der Waals surface area contributed by atoms with E-state index in [0.717, 1.165) is 30.5 Å². The first-order chi connectivity index (χ1) is 9.60. The lowest BCUT2D eigenvalue weighted by molar-refractivity contribution is 0.544. The van der Waals surface area contributed by atoms with E-state index in [4.69, 9.17) is 4.98 Å². The van der Waals surface area contributed by atoms with Crippen LogP contribution in [0.2, 0.25) is 0 Å². The zero-order valence-electron chi connectivity index (χ0n) is 13.5. The third-order valence-electron chi connectivity index (χ3n) is 4.23. The average molecular weight is 276 g/mol. The first-order valence-corrected chi connectivity index (χ1v) is 7.91. The van der Waals surface area contributed by atoms with Gasteiger partial charge in [0.15, 0.2) is 0 Å². The number of hydrogen-bond donors (Lipinski definition) is 1. The lowest BCUT2D eigenvalue weighted by atomic mass is 10.1. The van der Waals surface area contributed by atoms with Crippen LogP contribution < -0.4 is 10.2 Å². The van der Waals surface area contributed by atoms with Gasteiger partial charge in [-0.1, -0.05) is 20.3 Å². The average Bonchev–Trinajstić information content (AvgIpc) is 3.29. The van der Waals surface area contributed by atoms with Gasteiger partial charge in [-0.25, -0.2) is 9.97 Å². The fraction of sp³-hybridized carbons (Fsp3) is 0.750. The number of aromatic nitrogens is 2. The number of rotatable bonds is 7. The minimum absolute atomic E-state index is 0.587. The normalized spacial score (nSPS) is 16.1. The minimum atomic E-state index is 0.587. The summed E-state index contributed by atoms with van der Waals surface area (Å²) in [6.07, 6.45) is 3.68. The molecule has 0 aliphatic heterocycles. The maximum absolute atomic E-state index is 4.88. The van der Waals surface area contributed by atoms with Gasteiger partial charge >= 0.3 is 0 Å². The van der Waals surface area contributed by atoms with Gasteiger partial charge in [0.2, 0.25) is 0 Å². The molecule has 1 aromatic rings. The Labute approximate surface area is 123 Å². The van der Waals surface area contributed by atoms with Gasteiger partial charge in [0.1, 0.15) is 17.5 Å². The van der Waals surface area contributed by atoms with Crippen LogP contribution in [0, 0.1) is 12.8 Å². The van der Waals surface area contributed by atoms with Crippen LogP contribution in [0.15, 0.2) is 0 Å². The molecular weight excluding hydrogens is 248 g/mol. The second-order valence-corrected chi connectivity index (χ2v) is 5.96. The molecule has 1 atom stereocenters. The van der Waals surface area contributed by atoms with Crippen molar-refractivity contribution >= 4 is 11.6 Å². The van der Waals surface area contributed by atoms with Crippen molar-refractivity contribution < 1.29 is 0 Å². The molecule has 0 radical (unpaired) electrons. The highest BCUT2D eigenvalue weighted by Crippen LogP contribution is 2.40. The topological polar surface area (TPSA) is 41.1 Å². The van der Waals surface area contributed by atoms with Gasteiger partial charge in [0.05, 0.1) is 0 Å². The third kappa shape index (κ3) is 3.22. The van der Waals surface area contributed by atoms with E-state index in [1.807, 2.05) is 7.05 Å². The van der Waals surface area contributed by atoms with Gasteiger partial charge in [0.25, 0.3) is 0 Å². The molecule has 112 valence electrons. The van der Waals surface area contributed by atoms with Crippen LogP contribution in [0.3, 0.4) is 0 Å². The van der Waals surface area contributed by atoms with Crippen LogP contribution in [-0.2, 0) is 0 Å². The van der Waals surface area contributed by atoms with Crippen molar-refractivity contribution in [2.75, 3.05) is 30.4 Å². The number of nitrogens with zero attached hydrogens (tertiary/aromatic N) is 3. The molecule has 4 heteroatoms. The summed E-state index contributed by atoms with van der Waals surface area (Å²) in [7, 11) is 1.95. The summed E-state index contributed by atoms with van der Waals surface area (Å²) in [5, 5.41) is 3.23. The number of nitrogens with one attached hydrogen (secondary N) is 1. The van der Waals surface area contributed by atoms with Gasteiger partial charge in [-0.3, -0.25) is 0 Å². The summed E-state index contributed by atoms with van der Waals surface area (Å²) >= 11 is 0. The van der Waals surface area contributed by atoms with Crippen molar-refractivity contribution in [3.63, 3.8) is 0 Å². The van der Waals surface area contributed by atoms with Crippen LogP contribution >= 0.6 is 0 Å². The van der Waals surface area contributed by atoms with E-state index in [1.54, 1.807) is 0 Å². The van der Waals surface area contributed by atoms with E-state index in [0.29, 0.717) is 11.8 Å². The fourth-order valence-corrected chi connectivity index (χ4v) is 2.47. The van der Waals surface area contributed by atoms with Crippen LogP contribution in [0.4, 0.5) is 11.6 Å². The predicted molar refractivity (Wildman–Crippen MR) is 85.6 cm³/mol. The molecule has 1 heterocycles. The molecule has 1 aliphatic carbocycles. The predicted octanol–water partition coefficient (Wildman–Crippen LogP) is 3.58. The number of anilines is 2. The van der Waals surface area contributed by atoms with Crippen molar-refractivity contribution in [1.29, 1.82) is 0 Å². The minimum Gasteiger partial charge on any atom is -0.373 e. The second-order valence-electron chi connectivity index (χ2n) is 5.96. The highest BCUT2D eigenvalue weighted by atomic mass is 15.2. The van der Waals surface area contributed by atoms with Gasteiger partial charge in [-0.15, -0.1) is 0 Å². The summed E-state index contributed by atoms with van der Waals surface area (Å²) in [5.41, 5.74) is 1.17. The Morgan fingerprint density at radius 1 is 1.30 bits per heavy atom. The zero-order chi connectivity index (χ0) is 14.7. The second kappa shape index (κ2) is 6.42. The quantitative estimate of drug-likeness (QED) is 0.826. The Morgan fingerprint density at radius 3 is 2.50 bits per heavy atom. The summed E-state index contributed by atoms with van der Waals surface area (Å²) in [4.78, 5) is 12.0. The van der Waals surface area contributed by atoms with Gasteiger partial charge in [0, 0.05) is 31.6 Å². The fourth-order valence-electron chi connectivity index (χ4n) is 2.47. The molecule has 2 rings (SSSR count). The van der Waals surface area contributed by atoms with E-state index in [1.165, 1.54) is 24.8 Å². The molecule has 1 fully saturated rings. The summed E-state index contributed by atoms with van der Waals surface area (Å²) in [6.45, 7) is 10.9. The Hall–Kier alpha value is -1.32. The van der Waals surface area contributed by atoms with Gasteiger partial charge in [-0.2, -0.15) is 0 Å². The van der Waals surface area contributed by atoms with Gasteiger partial charge < -0.3 is 10.2 Å². The van der Waals surface area contributed by atoms with Crippen molar-refractivity contribution in [1.82, 2.24) is 9.97 Å². The maximum Gasteiger partial charge on any atom is 0.137 e. The highest BCUT2D eigenvalue weighted by molar-refractivity contribution is 5.58. The Kier molecular flexibility index (Phi) is 4.84. The molecule has 0 amide bonds. The lowest BCUT2D eigenvalue weighted by Crippen LogP contribution is -2.30. The molecular formula is C16H28N4. The summed E-state index contributed by atoms with van der Waals surface area (Å²) in [5.74, 6) is 4.40. The smallest absolute Gasteiger partial charge is 0.137 e. The maximum atomic E-state index is 4.88. The standard InChI is InChI=1S/C16H28N4/c1-6-11(3)10-20(7-2)16-12(4)14(17-5)18-15(19-16)13-8-9-13/h11,13H,6-10H2,1-5H3,(H,17,18,19). The van der Waals surface area contributed by atoms with Crippen LogP contribution in [0.1, 0.15) is 57.3 Å². The van der Waals surface area contributed by atoms with E-state index in [2.05, 4.69) is 42.9 Å². The lowest BCUT2D eigenvalue weighted by Gasteiger charge is -2.27. The van der Waals surface area contributed by atoms with Crippen molar-refractivity contribution in [2.45, 2.75) is 52.9 Å². The zero-order valence-corrected chi connectivity index (χ0v) is 13.5. The number of hydrogen-bond acceptors (Lipinski definition) is 4. The summed E-state index contributed by atoms with van der Waals surface area (Å²) < 4.78 is 0. The SMILES string of the molecule is CCC(C)CN(CC)c1nc(C2CC2)nc(NC)c1C. The molecule has 1 unspecified atom stereocenters. The van der Waals surface area contributed by atoms with E-state index in [-0.39, 0.29) is 0 Å². The first kappa shape index (κ1) is 15.1. The molecule has 1 saturated carbocycles. The molecule has 0 spiro atoms. The molecule has 20 heavy (non-hydrogen) atoms. The van der Waals surface area contributed by atoms with Crippen molar-refractivity contribution in [3.8, 4) is 0 Å². The largest absolute Gasteiger partial charge is 0.373 e. The van der Waals surface area contributed by atoms with Crippen LogP contribution in [-0.4, -0.2) is 30.1 Å². The van der Waals surface area contributed by atoms with Gasteiger partial charge in [-0.05, 0) is 32.6 Å². The van der Waals surface area contributed by atoms with E-state index in [9.17, 15) is 0 Å². The van der Waals surface area contributed by atoms with Crippen molar-refractivity contribution in [3.05, 3.63) is 11.4 Å². The molecule has 0 aromatic carbocycles. The monoisotopic (exact) mass is 276 g/mol. The third-order valence-corrected chi connectivity index (χ3v) is 4.23. The highest BCUT2D eigenvalue weighted by Gasteiger charge is 2.29. The Balaban J connectivity index is 2.33.